The highest BCUT2D eigenvalue weighted by molar-refractivity contribution is 6.01. The number of hydrogen-bond acceptors (Lipinski definition) is 5. The first-order valence-electron chi connectivity index (χ1n) is 8.30. The Hall–Kier alpha value is -3.15. The summed E-state index contributed by atoms with van der Waals surface area (Å²) in [7, 11) is 0. The summed E-state index contributed by atoms with van der Waals surface area (Å²) in [6.45, 7) is 1.38. The van der Waals surface area contributed by atoms with E-state index in [4.69, 9.17) is 0 Å². The van der Waals surface area contributed by atoms with E-state index in [0.717, 1.165) is 12.1 Å². The molecule has 0 saturated carbocycles. The zero-order valence-electron chi connectivity index (χ0n) is 13.6. The standard InChI is InChI=1S/C19H18N4O2/c24-17(13-6-2-1-3-7-13)12-16-14-8-4-5-9-15(14)18(25)22-23(16)19-20-10-11-21-19/h1-9,16H,10-12H2,(H,20,21)(H,22,25). The van der Waals surface area contributed by atoms with Crippen LogP contribution in [-0.4, -0.2) is 35.7 Å². The van der Waals surface area contributed by atoms with Gasteiger partial charge in [-0.25, -0.2) is 10.0 Å². The number of rotatable bonds is 3. The molecule has 6 nitrogen and oxygen atoms in total. The number of nitrogens with one attached hydrogen (secondary N) is 2. The Bertz CT molecular complexity index is 848. The van der Waals surface area contributed by atoms with E-state index in [9.17, 15) is 9.59 Å². The molecule has 126 valence electrons. The fraction of sp³-hybridized carbons (Fsp3) is 0.211. The molecular weight excluding hydrogens is 316 g/mol. The van der Waals surface area contributed by atoms with E-state index in [1.807, 2.05) is 48.5 Å². The molecule has 6 heteroatoms. The van der Waals surface area contributed by atoms with Crippen molar-refractivity contribution in [2.45, 2.75) is 12.5 Å². The van der Waals surface area contributed by atoms with Gasteiger partial charge in [0.05, 0.1) is 12.6 Å². The molecule has 1 atom stereocenters. The lowest BCUT2D eigenvalue weighted by Crippen LogP contribution is -2.55. The van der Waals surface area contributed by atoms with E-state index in [2.05, 4.69) is 15.7 Å². The van der Waals surface area contributed by atoms with Crippen LogP contribution in [0.1, 0.15) is 38.7 Å². The molecule has 2 aliphatic rings. The topological polar surface area (TPSA) is 73.8 Å². The van der Waals surface area contributed by atoms with E-state index < -0.39 is 0 Å². The van der Waals surface area contributed by atoms with Crippen LogP contribution in [0.4, 0.5) is 0 Å². The summed E-state index contributed by atoms with van der Waals surface area (Å²) in [6, 6.07) is 16.3. The largest absolute Gasteiger partial charge is 0.353 e. The molecule has 2 aromatic rings. The molecule has 0 bridgehead atoms. The minimum absolute atomic E-state index is 0.0279. The molecule has 0 aromatic heterocycles. The van der Waals surface area contributed by atoms with Gasteiger partial charge in [-0.1, -0.05) is 48.5 Å². The molecule has 0 radical (unpaired) electrons. The lowest BCUT2D eigenvalue weighted by Gasteiger charge is -2.37. The number of hydrogen-bond donors (Lipinski definition) is 2. The number of hydrazine groups is 1. The van der Waals surface area contributed by atoms with E-state index in [1.165, 1.54) is 0 Å². The quantitative estimate of drug-likeness (QED) is 0.841. The first-order valence-corrected chi connectivity index (χ1v) is 8.30. The maximum atomic E-state index is 12.8. The molecule has 0 spiro atoms. The Balaban J connectivity index is 1.71. The molecule has 2 aromatic carbocycles. The zero-order chi connectivity index (χ0) is 17.2. The summed E-state index contributed by atoms with van der Waals surface area (Å²) in [4.78, 5) is 29.6. The Kier molecular flexibility index (Phi) is 3.93. The highest BCUT2D eigenvalue weighted by atomic mass is 16.2. The normalized spacial score (nSPS) is 18.9. The van der Waals surface area contributed by atoms with Gasteiger partial charge >= 0.3 is 0 Å². The number of ketones is 1. The third-order valence-corrected chi connectivity index (χ3v) is 4.46. The predicted molar refractivity (Wildman–Crippen MR) is 94.2 cm³/mol. The number of benzene rings is 2. The molecule has 1 amide bonds. The monoisotopic (exact) mass is 334 g/mol. The number of fused-ring (bicyclic) bond motifs is 1. The van der Waals surface area contributed by atoms with Gasteiger partial charge in [-0.15, -0.1) is 0 Å². The average molecular weight is 334 g/mol. The molecule has 1 unspecified atom stereocenters. The van der Waals surface area contributed by atoms with Crippen molar-refractivity contribution < 1.29 is 9.59 Å². The van der Waals surface area contributed by atoms with Crippen molar-refractivity contribution in [3.63, 3.8) is 0 Å². The summed E-state index contributed by atoms with van der Waals surface area (Å²) in [6.07, 6.45) is 0.252. The van der Waals surface area contributed by atoms with Gasteiger partial charge in [0.2, 0.25) is 5.96 Å². The minimum Gasteiger partial charge on any atom is -0.353 e. The summed E-state index contributed by atoms with van der Waals surface area (Å²) in [5.41, 5.74) is 4.98. The van der Waals surface area contributed by atoms with E-state index in [0.29, 0.717) is 23.6 Å². The van der Waals surface area contributed by atoms with Gasteiger partial charge in [0.1, 0.15) is 0 Å². The molecule has 2 aliphatic heterocycles. The first-order chi connectivity index (χ1) is 12.2. The maximum Gasteiger partial charge on any atom is 0.270 e. The van der Waals surface area contributed by atoms with Gasteiger partial charge in [-0.2, -0.15) is 0 Å². The Morgan fingerprint density at radius 2 is 1.88 bits per heavy atom. The number of amides is 1. The highest BCUT2D eigenvalue weighted by Gasteiger charge is 2.35. The number of nitrogens with zero attached hydrogens (tertiary/aromatic N) is 2. The van der Waals surface area contributed by atoms with Gasteiger partial charge in [-0.05, 0) is 11.6 Å². The van der Waals surface area contributed by atoms with Crippen LogP contribution < -0.4 is 10.7 Å². The van der Waals surface area contributed by atoms with Crippen LogP contribution in [0.3, 0.4) is 0 Å². The third kappa shape index (κ3) is 2.87. The van der Waals surface area contributed by atoms with Crippen LogP contribution in [0.2, 0.25) is 0 Å². The van der Waals surface area contributed by atoms with Crippen LogP contribution in [-0.2, 0) is 0 Å². The van der Waals surface area contributed by atoms with Gasteiger partial charge in [0.25, 0.3) is 5.91 Å². The highest BCUT2D eigenvalue weighted by Crippen LogP contribution is 2.31. The molecule has 2 heterocycles. The maximum absolute atomic E-state index is 12.8. The van der Waals surface area contributed by atoms with Gasteiger partial charge in [-0.3, -0.25) is 15.0 Å². The number of carbonyl (C=O) groups is 2. The van der Waals surface area contributed by atoms with Gasteiger partial charge in [0.15, 0.2) is 5.78 Å². The summed E-state index contributed by atoms with van der Waals surface area (Å²) >= 11 is 0. The second-order valence-corrected chi connectivity index (χ2v) is 6.04. The lowest BCUT2D eigenvalue weighted by molar-refractivity contribution is 0.0747. The fourth-order valence-corrected chi connectivity index (χ4v) is 3.25. The first kappa shape index (κ1) is 15.4. The van der Waals surface area contributed by atoms with Gasteiger partial charge in [0, 0.05) is 24.1 Å². The van der Waals surface area contributed by atoms with Crippen LogP contribution >= 0.6 is 0 Å². The second-order valence-electron chi connectivity index (χ2n) is 6.04. The number of aliphatic imine (C=N–C) groups is 1. The second kappa shape index (κ2) is 6.39. The average Bonchev–Trinajstić information content (AvgIpc) is 3.19. The molecule has 25 heavy (non-hydrogen) atoms. The Morgan fingerprint density at radius 3 is 2.64 bits per heavy atom. The van der Waals surface area contributed by atoms with Crippen molar-refractivity contribution in [2.24, 2.45) is 4.99 Å². The van der Waals surface area contributed by atoms with Crippen LogP contribution in [0.15, 0.2) is 59.6 Å². The van der Waals surface area contributed by atoms with E-state index in [-0.39, 0.29) is 24.2 Å². The van der Waals surface area contributed by atoms with Crippen molar-refractivity contribution in [1.29, 1.82) is 0 Å². The number of guanidine groups is 1. The third-order valence-electron chi connectivity index (χ3n) is 4.46. The van der Waals surface area contributed by atoms with Crippen LogP contribution in [0.5, 0.6) is 0 Å². The van der Waals surface area contributed by atoms with Crippen LogP contribution in [0.25, 0.3) is 0 Å². The van der Waals surface area contributed by atoms with Gasteiger partial charge < -0.3 is 5.32 Å². The fourth-order valence-electron chi connectivity index (χ4n) is 3.25. The molecule has 0 fully saturated rings. The molecule has 0 saturated heterocycles. The number of Topliss-reactive ketones (excluding diaryl/α,β-unsaturated/α-hetero) is 1. The van der Waals surface area contributed by atoms with Crippen molar-refractivity contribution in [1.82, 2.24) is 15.8 Å². The van der Waals surface area contributed by atoms with E-state index >= 15 is 0 Å². The Labute approximate surface area is 145 Å². The smallest absolute Gasteiger partial charge is 0.270 e. The predicted octanol–water partition coefficient (Wildman–Crippen LogP) is 1.92. The van der Waals surface area contributed by atoms with Crippen molar-refractivity contribution in [2.75, 3.05) is 13.1 Å². The van der Waals surface area contributed by atoms with Crippen molar-refractivity contribution in [3.8, 4) is 0 Å². The molecule has 2 N–H and O–H groups in total. The van der Waals surface area contributed by atoms with Crippen molar-refractivity contribution in [3.05, 3.63) is 71.3 Å². The zero-order valence-corrected chi connectivity index (χ0v) is 13.6. The minimum atomic E-state index is -0.300. The molecule has 0 aliphatic carbocycles. The van der Waals surface area contributed by atoms with E-state index in [1.54, 1.807) is 11.1 Å². The van der Waals surface area contributed by atoms with Crippen molar-refractivity contribution >= 4 is 17.6 Å². The summed E-state index contributed by atoms with van der Waals surface area (Å²) < 4.78 is 0. The SMILES string of the molecule is O=C(CC1c2ccccc2C(=O)NN1C1=NCCN1)c1ccccc1. The summed E-state index contributed by atoms with van der Waals surface area (Å²) in [5, 5.41) is 4.86. The molecular formula is C19H18N4O2. The number of carbonyl (C=O) groups excluding carboxylic acids is 2. The summed E-state index contributed by atoms with van der Waals surface area (Å²) in [5.74, 6) is 0.448. The Morgan fingerprint density at radius 1 is 1.12 bits per heavy atom. The van der Waals surface area contributed by atoms with Crippen LogP contribution in [0, 0.1) is 0 Å². The lowest BCUT2D eigenvalue weighted by atomic mass is 9.92. The molecule has 4 rings (SSSR count).